The second-order valence-corrected chi connectivity index (χ2v) is 5.90. The van der Waals surface area contributed by atoms with Crippen LogP contribution in [0.5, 0.6) is 11.5 Å². The number of nitrogens with zero attached hydrogens (tertiary/aromatic N) is 2. The molecule has 1 aliphatic rings. The highest BCUT2D eigenvalue weighted by Crippen LogP contribution is 2.28. The van der Waals surface area contributed by atoms with Gasteiger partial charge in [0.2, 0.25) is 0 Å². The van der Waals surface area contributed by atoms with Crippen LogP contribution in [0.2, 0.25) is 0 Å². The van der Waals surface area contributed by atoms with Crippen molar-refractivity contribution in [2.75, 3.05) is 45.3 Å². The summed E-state index contributed by atoms with van der Waals surface area (Å²) in [6, 6.07) is 13.0. The molecule has 0 N–H and O–H groups in total. The Labute approximate surface area is 142 Å². The van der Waals surface area contributed by atoms with Crippen molar-refractivity contribution >= 4 is 5.69 Å². The fourth-order valence-electron chi connectivity index (χ4n) is 3.09. The van der Waals surface area contributed by atoms with Crippen LogP contribution in [0.25, 0.3) is 0 Å². The van der Waals surface area contributed by atoms with E-state index in [2.05, 4.69) is 15.9 Å². The lowest BCUT2D eigenvalue weighted by Crippen LogP contribution is -2.46. The third-order valence-corrected chi connectivity index (χ3v) is 4.42. The zero-order valence-electron chi connectivity index (χ0n) is 14.2. The quantitative estimate of drug-likeness (QED) is 0.841. The fraction of sp³-hybridized carbons (Fsp3) is 0.368. The van der Waals surface area contributed by atoms with Gasteiger partial charge in [-0.2, -0.15) is 0 Å². The van der Waals surface area contributed by atoms with E-state index in [-0.39, 0.29) is 5.82 Å². The summed E-state index contributed by atoms with van der Waals surface area (Å²) in [6.07, 6.45) is 0. The van der Waals surface area contributed by atoms with Gasteiger partial charge in [-0.15, -0.1) is 0 Å². The van der Waals surface area contributed by atoms with E-state index in [0.717, 1.165) is 44.2 Å². The highest BCUT2D eigenvalue weighted by Gasteiger charge is 2.19. The second kappa shape index (κ2) is 7.53. The summed E-state index contributed by atoms with van der Waals surface area (Å²) in [4.78, 5) is 4.49. The molecule has 1 fully saturated rings. The minimum atomic E-state index is -0.147. The van der Waals surface area contributed by atoms with Crippen molar-refractivity contribution in [2.45, 2.75) is 6.54 Å². The molecule has 3 rings (SSSR count). The van der Waals surface area contributed by atoms with Gasteiger partial charge in [-0.3, -0.25) is 4.90 Å². The molecular weight excluding hydrogens is 307 g/mol. The molecule has 0 radical (unpaired) electrons. The van der Waals surface area contributed by atoms with Crippen molar-refractivity contribution < 1.29 is 13.9 Å². The highest BCUT2D eigenvalue weighted by molar-refractivity contribution is 5.48. The van der Waals surface area contributed by atoms with Crippen LogP contribution < -0.4 is 14.4 Å². The van der Waals surface area contributed by atoms with E-state index < -0.39 is 0 Å². The molecule has 0 aromatic heterocycles. The van der Waals surface area contributed by atoms with Crippen LogP contribution in [0.15, 0.2) is 42.5 Å². The number of ether oxygens (including phenoxy) is 2. The molecule has 0 spiro atoms. The van der Waals surface area contributed by atoms with E-state index in [1.54, 1.807) is 20.3 Å². The average molecular weight is 330 g/mol. The van der Waals surface area contributed by atoms with Crippen LogP contribution in [0.4, 0.5) is 10.1 Å². The molecule has 128 valence electrons. The molecule has 1 heterocycles. The molecule has 0 saturated carbocycles. The maximum atomic E-state index is 13.9. The van der Waals surface area contributed by atoms with Crippen molar-refractivity contribution in [3.63, 3.8) is 0 Å². The van der Waals surface area contributed by atoms with E-state index in [4.69, 9.17) is 9.47 Å². The van der Waals surface area contributed by atoms with Gasteiger partial charge in [0.1, 0.15) is 5.82 Å². The Balaban J connectivity index is 1.60. The molecule has 2 aromatic carbocycles. The SMILES string of the molecule is COc1ccc(CN2CCN(c3ccccc3F)CC2)cc1OC. The molecule has 0 amide bonds. The van der Waals surface area contributed by atoms with Gasteiger partial charge in [0.25, 0.3) is 0 Å². The number of piperazine rings is 1. The molecule has 1 saturated heterocycles. The van der Waals surface area contributed by atoms with Crippen LogP contribution in [-0.2, 0) is 6.54 Å². The van der Waals surface area contributed by atoms with Gasteiger partial charge >= 0.3 is 0 Å². The van der Waals surface area contributed by atoms with E-state index in [1.165, 1.54) is 11.6 Å². The van der Waals surface area contributed by atoms with Gasteiger partial charge in [-0.05, 0) is 29.8 Å². The van der Waals surface area contributed by atoms with Crippen molar-refractivity contribution in [1.29, 1.82) is 0 Å². The first-order valence-corrected chi connectivity index (χ1v) is 8.14. The van der Waals surface area contributed by atoms with Gasteiger partial charge in [0.05, 0.1) is 19.9 Å². The van der Waals surface area contributed by atoms with Crippen molar-refractivity contribution in [3.05, 3.63) is 53.8 Å². The number of hydrogen-bond donors (Lipinski definition) is 0. The smallest absolute Gasteiger partial charge is 0.161 e. The zero-order chi connectivity index (χ0) is 16.9. The summed E-state index contributed by atoms with van der Waals surface area (Å²) in [5.41, 5.74) is 1.88. The second-order valence-electron chi connectivity index (χ2n) is 5.90. The Hall–Kier alpha value is -2.27. The third kappa shape index (κ3) is 3.62. The Morgan fingerprint density at radius 2 is 1.62 bits per heavy atom. The Bertz CT molecular complexity index is 685. The molecule has 24 heavy (non-hydrogen) atoms. The first-order valence-electron chi connectivity index (χ1n) is 8.14. The molecular formula is C19H23FN2O2. The van der Waals surface area contributed by atoms with Crippen molar-refractivity contribution in [3.8, 4) is 11.5 Å². The summed E-state index contributed by atoms with van der Waals surface area (Å²) in [7, 11) is 3.29. The molecule has 0 unspecified atom stereocenters. The summed E-state index contributed by atoms with van der Waals surface area (Å²) in [5, 5.41) is 0. The van der Waals surface area contributed by atoms with Crippen molar-refractivity contribution in [1.82, 2.24) is 4.90 Å². The highest BCUT2D eigenvalue weighted by atomic mass is 19.1. The predicted octanol–water partition coefficient (Wildman–Crippen LogP) is 3.17. The monoisotopic (exact) mass is 330 g/mol. The molecule has 5 heteroatoms. The standard InChI is InChI=1S/C19H23FN2O2/c1-23-18-8-7-15(13-19(18)24-2)14-21-9-11-22(12-10-21)17-6-4-3-5-16(17)20/h3-8,13H,9-12,14H2,1-2H3. The lowest BCUT2D eigenvalue weighted by molar-refractivity contribution is 0.248. The van der Waals surface area contributed by atoms with Gasteiger partial charge in [0.15, 0.2) is 11.5 Å². The van der Waals surface area contributed by atoms with Gasteiger partial charge < -0.3 is 14.4 Å². The molecule has 1 aliphatic heterocycles. The minimum Gasteiger partial charge on any atom is -0.493 e. The Morgan fingerprint density at radius 3 is 2.29 bits per heavy atom. The maximum Gasteiger partial charge on any atom is 0.161 e. The van der Waals surface area contributed by atoms with Gasteiger partial charge in [0, 0.05) is 32.7 Å². The zero-order valence-corrected chi connectivity index (χ0v) is 14.2. The molecule has 4 nitrogen and oxygen atoms in total. The summed E-state index contributed by atoms with van der Waals surface area (Å²) >= 11 is 0. The normalized spacial score (nSPS) is 15.4. The number of benzene rings is 2. The lowest BCUT2D eigenvalue weighted by atomic mass is 10.1. The third-order valence-electron chi connectivity index (χ3n) is 4.42. The minimum absolute atomic E-state index is 0.147. The van der Waals surface area contributed by atoms with E-state index in [9.17, 15) is 4.39 Å². The molecule has 2 aromatic rings. The largest absolute Gasteiger partial charge is 0.493 e. The maximum absolute atomic E-state index is 13.9. The van der Waals surface area contributed by atoms with Crippen LogP contribution in [0.3, 0.4) is 0 Å². The topological polar surface area (TPSA) is 24.9 Å². The fourth-order valence-corrected chi connectivity index (χ4v) is 3.09. The van der Waals surface area contributed by atoms with Gasteiger partial charge in [-0.1, -0.05) is 18.2 Å². The van der Waals surface area contributed by atoms with Gasteiger partial charge in [-0.25, -0.2) is 4.39 Å². The first kappa shape index (κ1) is 16.6. The number of halogens is 1. The molecule has 0 bridgehead atoms. The van der Waals surface area contributed by atoms with Crippen molar-refractivity contribution in [2.24, 2.45) is 0 Å². The predicted molar refractivity (Wildman–Crippen MR) is 93.4 cm³/mol. The Kier molecular flexibility index (Phi) is 5.20. The summed E-state index contributed by atoms with van der Waals surface area (Å²) < 4.78 is 24.5. The summed E-state index contributed by atoms with van der Waals surface area (Å²) in [6.45, 7) is 4.32. The number of hydrogen-bond acceptors (Lipinski definition) is 4. The van der Waals surface area contributed by atoms with Crippen LogP contribution in [0.1, 0.15) is 5.56 Å². The molecule has 0 atom stereocenters. The van der Waals surface area contributed by atoms with E-state index in [0.29, 0.717) is 5.69 Å². The van der Waals surface area contributed by atoms with E-state index in [1.807, 2.05) is 24.3 Å². The summed E-state index contributed by atoms with van der Waals surface area (Å²) in [5.74, 6) is 1.34. The number of para-hydroxylation sites is 1. The first-order chi connectivity index (χ1) is 11.7. The lowest BCUT2D eigenvalue weighted by Gasteiger charge is -2.36. The van der Waals surface area contributed by atoms with Crippen LogP contribution in [0, 0.1) is 5.82 Å². The molecule has 0 aliphatic carbocycles. The number of anilines is 1. The Morgan fingerprint density at radius 1 is 0.917 bits per heavy atom. The number of rotatable bonds is 5. The average Bonchev–Trinajstić information content (AvgIpc) is 2.63. The number of methoxy groups -OCH3 is 2. The van der Waals surface area contributed by atoms with Crippen LogP contribution >= 0.6 is 0 Å². The van der Waals surface area contributed by atoms with E-state index >= 15 is 0 Å². The van der Waals surface area contributed by atoms with Crippen LogP contribution in [-0.4, -0.2) is 45.3 Å².